The van der Waals surface area contributed by atoms with Crippen LogP contribution in [-0.2, 0) is 0 Å². The first-order valence-corrected chi connectivity index (χ1v) is 4.42. The summed E-state index contributed by atoms with van der Waals surface area (Å²) in [5, 5.41) is 0. The zero-order valence-corrected chi connectivity index (χ0v) is 8.10. The van der Waals surface area contributed by atoms with Crippen LogP contribution in [0.3, 0.4) is 0 Å². The Morgan fingerprint density at radius 1 is 1.18 bits per heavy atom. The average molecular weight is 161 g/mol. The molecular formula is C9H20FN. The molecule has 0 radical (unpaired) electrons. The van der Waals surface area contributed by atoms with Crippen molar-refractivity contribution in [1.29, 1.82) is 0 Å². The van der Waals surface area contributed by atoms with E-state index >= 15 is 0 Å². The minimum atomic E-state index is -0.700. The molecule has 0 aliphatic rings. The molecule has 0 spiro atoms. The number of halogens is 1. The Labute approximate surface area is 69.6 Å². The normalized spacial score (nSPS) is 14.5. The molecule has 0 bridgehead atoms. The number of hydrogen-bond donors (Lipinski definition) is 0. The van der Waals surface area contributed by atoms with Crippen LogP contribution in [0.15, 0.2) is 0 Å². The summed E-state index contributed by atoms with van der Waals surface area (Å²) in [7, 11) is 0. The fourth-order valence-corrected chi connectivity index (χ4v) is 1.20. The van der Waals surface area contributed by atoms with Gasteiger partial charge in [0, 0.05) is 13.1 Å². The Morgan fingerprint density at radius 2 is 1.73 bits per heavy atom. The van der Waals surface area contributed by atoms with Crippen molar-refractivity contribution in [3.05, 3.63) is 0 Å². The van der Waals surface area contributed by atoms with Crippen molar-refractivity contribution >= 4 is 0 Å². The van der Waals surface area contributed by atoms with E-state index in [4.69, 9.17) is 0 Å². The molecule has 2 heteroatoms. The molecule has 0 aromatic rings. The zero-order valence-electron chi connectivity index (χ0n) is 8.10. The predicted molar refractivity (Wildman–Crippen MR) is 47.5 cm³/mol. The van der Waals surface area contributed by atoms with Crippen LogP contribution in [-0.4, -0.2) is 30.7 Å². The van der Waals surface area contributed by atoms with Crippen molar-refractivity contribution in [2.75, 3.05) is 19.6 Å². The number of hydrogen-bond acceptors (Lipinski definition) is 1. The van der Waals surface area contributed by atoms with Crippen molar-refractivity contribution in [1.82, 2.24) is 4.90 Å². The first-order valence-electron chi connectivity index (χ1n) is 4.42. The molecular weight excluding hydrogens is 141 g/mol. The lowest BCUT2D eigenvalue weighted by molar-refractivity contribution is 0.192. The summed E-state index contributed by atoms with van der Waals surface area (Å²) in [6.07, 6.45) is -0.700. The largest absolute Gasteiger partial charge is 0.300 e. The molecule has 0 N–H and O–H groups in total. The van der Waals surface area contributed by atoms with Gasteiger partial charge in [0.05, 0.1) is 0 Å². The molecule has 68 valence electrons. The highest BCUT2D eigenvalue weighted by Gasteiger charge is 2.08. The second-order valence-electron chi connectivity index (χ2n) is 3.53. The monoisotopic (exact) mass is 161 g/mol. The van der Waals surface area contributed by atoms with Gasteiger partial charge in [-0.05, 0) is 19.4 Å². The molecule has 0 aromatic carbocycles. The van der Waals surface area contributed by atoms with Crippen molar-refractivity contribution < 1.29 is 4.39 Å². The second-order valence-corrected chi connectivity index (χ2v) is 3.53. The van der Waals surface area contributed by atoms with Crippen LogP contribution in [0.5, 0.6) is 0 Å². The van der Waals surface area contributed by atoms with Crippen LogP contribution in [0.25, 0.3) is 0 Å². The fourth-order valence-electron chi connectivity index (χ4n) is 1.20. The van der Waals surface area contributed by atoms with Gasteiger partial charge in [0.25, 0.3) is 0 Å². The standard InChI is InChI=1S/C9H20FN/c1-5-11(6-8(2)3)7-9(4)10/h8-9H,5-7H2,1-4H3/t9-/m1/s1. The Morgan fingerprint density at radius 3 is 2.00 bits per heavy atom. The molecule has 1 atom stereocenters. The average Bonchev–Trinajstić information content (AvgIpc) is 1.84. The van der Waals surface area contributed by atoms with E-state index in [1.807, 2.05) is 0 Å². The summed E-state index contributed by atoms with van der Waals surface area (Å²) in [5.41, 5.74) is 0. The maximum absolute atomic E-state index is 12.5. The Bertz CT molecular complexity index is 81.6. The van der Waals surface area contributed by atoms with Gasteiger partial charge >= 0.3 is 0 Å². The highest BCUT2D eigenvalue weighted by atomic mass is 19.1. The summed E-state index contributed by atoms with van der Waals surface area (Å²) < 4.78 is 12.5. The summed E-state index contributed by atoms with van der Waals surface area (Å²) >= 11 is 0. The molecule has 1 nitrogen and oxygen atoms in total. The molecule has 0 unspecified atom stereocenters. The fraction of sp³-hybridized carbons (Fsp3) is 1.00. The van der Waals surface area contributed by atoms with E-state index in [-0.39, 0.29) is 0 Å². The van der Waals surface area contributed by atoms with Crippen LogP contribution < -0.4 is 0 Å². The Balaban J connectivity index is 3.58. The summed E-state index contributed by atoms with van der Waals surface area (Å²) in [5.74, 6) is 0.633. The summed E-state index contributed by atoms with van der Waals surface area (Å²) in [6, 6.07) is 0. The van der Waals surface area contributed by atoms with Gasteiger partial charge in [-0.25, -0.2) is 4.39 Å². The SMILES string of the molecule is CCN(CC(C)C)C[C@@H](C)F. The quantitative estimate of drug-likeness (QED) is 0.598. The van der Waals surface area contributed by atoms with Gasteiger partial charge in [-0.15, -0.1) is 0 Å². The highest BCUT2D eigenvalue weighted by molar-refractivity contribution is 4.61. The third-order valence-corrected chi connectivity index (χ3v) is 1.58. The lowest BCUT2D eigenvalue weighted by atomic mass is 10.2. The van der Waals surface area contributed by atoms with Gasteiger partial charge in [0.2, 0.25) is 0 Å². The van der Waals surface area contributed by atoms with Gasteiger partial charge in [-0.3, -0.25) is 0 Å². The van der Waals surface area contributed by atoms with Crippen LogP contribution >= 0.6 is 0 Å². The van der Waals surface area contributed by atoms with Crippen molar-refractivity contribution in [3.63, 3.8) is 0 Å². The van der Waals surface area contributed by atoms with Crippen LogP contribution in [0, 0.1) is 5.92 Å². The van der Waals surface area contributed by atoms with E-state index in [0.29, 0.717) is 12.5 Å². The molecule has 0 heterocycles. The van der Waals surface area contributed by atoms with E-state index in [9.17, 15) is 4.39 Å². The molecule has 0 fully saturated rings. The first-order chi connectivity index (χ1) is 5.06. The molecule has 11 heavy (non-hydrogen) atoms. The minimum absolute atomic E-state index is 0.578. The van der Waals surface area contributed by atoms with Crippen LogP contribution in [0.4, 0.5) is 4.39 Å². The maximum atomic E-state index is 12.5. The smallest absolute Gasteiger partial charge is 0.110 e. The van der Waals surface area contributed by atoms with E-state index in [0.717, 1.165) is 13.1 Å². The van der Waals surface area contributed by atoms with E-state index < -0.39 is 6.17 Å². The Hall–Kier alpha value is -0.110. The molecule has 0 aromatic heterocycles. The third-order valence-electron chi connectivity index (χ3n) is 1.58. The molecule has 0 saturated heterocycles. The second kappa shape index (κ2) is 5.53. The van der Waals surface area contributed by atoms with Crippen molar-refractivity contribution in [2.24, 2.45) is 5.92 Å². The minimum Gasteiger partial charge on any atom is -0.300 e. The molecule has 0 aliphatic carbocycles. The Kier molecular flexibility index (Phi) is 5.47. The van der Waals surface area contributed by atoms with Crippen LogP contribution in [0.1, 0.15) is 27.7 Å². The van der Waals surface area contributed by atoms with Gasteiger partial charge in [-0.2, -0.15) is 0 Å². The first kappa shape index (κ1) is 10.9. The van der Waals surface area contributed by atoms with Crippen molar-refractivity contribution in [3.8, 4) is 0 Å². The number of rotatable bonds is 5. The van der Waals surface area contributed by atoms with Crippen molar-refractivity contribution in [2.45, 2.75) is 33.9 Å². The predicted octanol–water partition coefficient (Wildman–Crippen LogP) is 2.32. The van der Waals surface area contributed by atoms with Gasteiger partial charge in [0.15, 0.2) is 0 Å². The van der Waals surface area contributed by atoms with E-state index in [1.165, 1.54) is 0 Å². The lowest BCUT2D eigenvalue weighted by Crippen LogP contribution is -2.32. The number of nitrogens with zero attached hydrogens (tertiary/aromatic N) is 1. The highest BCUT2D eigenvalue weighted by Crippen LogP contribution is 2.00. The lowest BCUT2D eigenvalue weighted by Gasteiger charge is -2.22. The summed E-state index contributed by atoms with van der Waals surface area (Å²) in [4.78, 5) is 2.15. The third kappa shape index (κ3) is 6.29. The number of alkyl halides is 1. The van der Waals surface area contributed by atoms with Gasteiger partial charge in [0.1, 0.15) is 6.17 Å². The van der Waals surface area contributed by atoms with Crippen LogP contribution in [0.2, 0.25) is 0 Å². The van der Waals surface area contributed by atoms with Gasteiger partial charge in [-0.1, -0.05) is 20.8 Å². The van der Waals surface area contributed by atoms with Gasteiger partial charge < -0.3 is 4.90 Å². The van der Waals surface area contributed by atoms with E-state index in [1.54, 1.807) is 6.92 Å². The maximum Gasteiger partial charge on any atom is 0.110 e. The topological polar surface area (TPSA) is 3.24 Å². The molecule has 0 rings (SSSR count). The molecule has 0 saturated carbocycles. The summed E-state index contributed by atoms with van der Waals surface area (Å²) in [6.45, 7) is 10.5. The zero-order chi connectivity index (χ0) is 8.85. The molecule has 0 amide bonds. The molecule has 0 aliphatic heterocycles. The van der Waals surface area contributed by atoms with E-state index in [2.05, 4.69) is 25.7 Å².